The zero-order valence-electron chi connectivity index (χ0n) is 31.7. The summed E-state index contributed by atoms with van der Waals surface area (Å²) in [5.74, 6) is 1.91. The molecule has 0 saturated carbocycles. The van der Waals surface area contributed by atoms with Crippen molar-refractivity contribution in [2.24, 2.45) is 0 Å². The van der Waals surface area contributed by atoms with Gasteiger partial charge in [0.1, 0.15) is 0 Å². The van der Waals surface area contributed by atoms with E-state index in [2.05, 4.69) is 206 Å². The van der Waals surface area contributed by atoms with Crippen LogP contribution < -0.4 is 0 Å². The fourth-order valence-electron chi connectivity index (χ4n) is 7.78. The van der Waals surface area contributed by atoms with Crippen LogP contribution in [-0.4, -0.2) is 15.0 Å². The second-order valence-electron chi connectivity index (χ2n) is 14.4. The Labute approximate surface area is 338 Å². The molecule has 0 aliphatic heterocycles. The molecule has 0 aliphatic rings. The number of rotatable bonds is 8. The van der Waals surface area contributed by atoms with Crippen LogP contribution in [0.3, 0.4) is 0 Å². The Morgan fingerprint density at radius 2 is 0.621 bits per heavy atom. The molecule has 0 fully saturated rings. The summed E-state index contributed by atoms with van der Waals surface area (Å²) in [5, 5.41) is 2.25. The Balaban J connectivity index is 1.08. The molecule has 0 spiro atoms. The Bertz CT molecular complexity index is 2950. The summed E-state index contributed by atoms with van der Waals surface area (Å²) in [5.41, 5.74) is 14.5. The fourth-order valence-corrected chi connectivity index (χ4v) is 7.78. The highest BCUT2D eigenvalue weighted by Crippen LogP contribution is 2.38. The van der Waals surface area contributed by atoms with Crippen LogP contribution in [0.4, 0.5) is 0 Å². The highest BCUT2D eigenvalue weighted by Gasteiger charge is 2.17. The normalized spacial score (nSPS) is 11.1. The Kier molecular flexibility index (Phi) is 9.23. The summed E-state index contributed by atoms with van der Waals surface area (Å²) in [4.78, 5) is 15.3. The molecular weight excluding hydrogens is 703 g/mol. The molecule has 272 valence electrons. The van der Waals surface area contributed by atoms with Gasteiger partial charge in [0, 0.05) is 16.7 Å². The van der Waals surface area contributed by atoms with Crippen LogP contribution in [0.5, 0.6) is 0 Å². The van der Waals surface area contributed by atoms with Crippen molar-refractivity contribution in [1.82, 2.24) is 15.0 Å². The third-order valence-corrected chi connectivity index (χ3v) is 10.7. The maximum absolute atomic E-state index is 5.17. The van der Waals surface area contributed by atoms with Crippen LogP contribution in [0.25, 0.3) is 101 Å². The van der Waals surface area contributed by atoms with Gasteiger partial charge in [0.15, 0.2) is 17.5 Å². The van der Waals surface area contributed by atoms with Crippen LogP contribution in [0.15, 0.2) is 224 Å². The molecule has 1 aromatic heterocycles. The summed E-state index contributed by atoms with van der Waals surface area (Å²) >= 11 is 0. The van der Waals surface area contributed by atoms with Gasteiger partial charge >= 0.3 is 0 Å². The number of benzene rings is 9. The smallest absolute Gasteiger partial charge is 0.164 e. The molecule has 1 heterocycles. The summed E-state index contributed by atoms with van der Waals surface area (Å²) < 4.78 is 0. The van der Waals surface area contributed by atoms with Crippen molar-refractivity contribution in [2.45, 2.75) is 0 Å². The minimum atomic E-state index is 0.628. The molecule has 0 radical (unpaired) electrons. The minimum Gasteiger partial charge on any atom is -0.208 e. The lowest BCUT2D eigenvalue weighted by atomic mass is 9.90. The largest absolute Gasteiger partial charge is 0.208 e. The van der Waals surface area contributed by atoms with E-state index in [1.165, 1.54) is 27.8 Å². The maximum Gasteiger partial charge on any atom is 0.164 e. The summed E-state index contributed by atoms with van der Waals surface area (Å²) in [6, 6.07) is 79.1. The Morgan fingerprint density at radius 1 is 0.207 bits per heavy atom. The van der Waals surface area contributed by atoms with Crippen molar-refractivity contribution in [3.63, 3.8) is 0 Å². The van der Waals surface area contributed by atoms with E-state index in [1.807, 2.05) is 18.2 Å². The van der Waals surface area contributed by atoms with Crippen LogP contribution in [-0.2, 0) is 0 Å². The molecule has 0 saturated heterocycles. The third kappa shape index (κ3) is 6.98. The first-order valence-electron chi connectivity index (χ1n) is 19.6. The van der Waals surface area contributed by atoms with Gasteiger partial charge in [-0.05, 0) is 90.7 Å². The van der Waals surface area contributed by atoms with E-state index in [4.69, 9.17) is 15.0 Å². The second-order valence-corrected chi connectivity index (χ2v) is 14.4. The van der Waals surface area contributed by atoms with Gasteiger partial charge in [-0.3, -0.25) is 0 Å². The van der Waals surface area contributed by atoms with Gasteiger partial charge in [-0.2, -0.15) is 0 Å². The predicted octanol–water partition coefficient (Wildman–Crippen LogP) is 14.4. The van der Waals surface area contributed by atoms with Gasteiger partial charge in [0.05, 0.1) is 0 Å². The quantitative estimate of drug-likeness (QED) is 0.156. The monoisotopic (exact) mass is 739 g/mol. The van der Waals surface area contributed by atoms with Gasteiger partial charge in [-0.15, -0.1) is 0 Å². The van der Waals surface area contributed by atoms with Gasteiger partial charge < -0.3 is 0 Å². The van der Waals surface area contributed by atoms with Crippen molar-refractivity contribution in [3.8, 4) is 89.8 Å². The molecule has 3 nitrogen and oxygen atoms in total. The van der Waals surface area contributed by atoms with E-state index >= 15 is 0 Å². The molecule has 58 heavy (non-hydrogen) atoms. The highest BCUT2D eigenvalue weighted by atomic mass is 15.0. The standard InChI is InChI=1S/C55H37N3/c1-5-16-38(17-6-1)46-34-47(39-18-7-2-8-19-39)36-48(35-46)40-28-30-43(31-29-40)50-33-32-45(37-52(50)42-20-9-3-10-21-42)54-56-53(44-23-11-4-12-24-44)57-55(58-54)51-27-15-25-41-22-13-14-26-49(41)51/h1-37H. The molecule has 0 atom stereocenters. The van der Waals surface area contributed by atoms with Crippen molar-refractivity contribution >= 4 is 10.8 Å². The van der Waals surface area contributed by atoms with Gasteiger partial charge in [-0.1, -0.05) is 200 Å². The van der Waals surface area contributed by atoms with Crippen LogP contribution >= 0.6 is 0 Å². The molecule has 0 amide bonds. The molecular formula is C55H37N3. The van der Waals surface area contributed by atoms with E-state index < -0.39 is 0 Å². The lowest BCUT2D eigenvalue weighted by Gasteiger charge is -2.15. The molecule has 0 N–H and O–H groups in total. The number of aromatic nitrogens is 3. The molecule has 10 rings (SSSR count). The van der Waals surface area contributed by atoms with Crippen molar-refractivity contribution in [2.75, 3.05) is 0 Å². The average molecular weight is 740 g/mol. The SMILES string of the molecule is c1ccc(-c2cc(-c3ccccc3)cc(-c3ccc(-c4ccc(-c5nc(-c6ccccc6)nc(-c6cccc7ccccc67)n5)cc4-c4ccccc4)cc3)c2)cc1. The summed E-state index contributed by atoms with van der Waals surface area (Å²) in [6.07, 6.45) is 0. The van der Waals surface area contributed by atoms with E-state index in [9.17, 15) is 0 Å². The van der Waals surface area contributed by atoms with Crippen LogP contribution in [0.2, 0.25) is 0 Å². The molecule has 9 aromatic carbocycles. The van der Waals surface area contributed by atoms with E-state index in [-0.39, 0.29) is 0 Å². The van der Waals surface area contributed by atoms with E-state index in [0.29, 0.717) is 17.5 Å². The summed E-state index contributed by atoms with van der Waals surface area (Å²) in [6.45, 7) is 0. The zero-order valence-corrected chi connectivity index (χ0v) is 31.7. The number of nitrogens with zero attached hydrogens (tertiary/aromatic N) is 3. The minimum absolute atomic E-state index is 0.628. The Hall–Kier alpha value is -7.75. The lowest BCUT2D eigenvalue weighted by Crippen LogP contribution is -2.01. The van der Waals surface area contributed by atoms with Crippen molar-refractivity contribution < 1.29 is 0 Å². The molecule has 0 unspecified atom stereocenters. The molecule has 0 bridgehead atoms. The number of hydrogen-bond acceptors (Lipinski definition) is 3. The highest BCUT2D eigenvalue weighted by molar-refractivity contribution is 5.95. The van der Waals surface area contributed by atoms with Gasteiger partial charge in [-0.25, -0.2) is 15.0 Å². The molecule has 3 heteroatoms. The maximum atomic E-state index is 5.17. The van der Waals surface area contributed by atoms with Crippen molar-refractivity contribution in [3.05, 3.63) is 224 Å². The fraction of sp³-hybridized carbons (Fsp3) is 0. The first-order chi connectivity index (χ1) is 28.7. The second kappa shape index (κ2) is 15.4. The Morgan fingerprint density at radius 3 is 1.22 bits per heavy atom. The number of hydrogen-bond donors (Lipinski definition) is 0. The first-order valence-corrected chi connectivity index (χ1v) is 19.6. The number of fused-ring (bicyclic) bond motifs is 1. The summed E-state index contributed by atoms with van der Waals surface area (Å²) in [7, 11) is 0. The van der Waals surface area contributed by atoms with E-state index in [0.717, 1.165) is 55.3 Å². The zero-order chi connectivity index (χ0) is 38.7. The molecule has 0 aliphatic carbocycles. The van der Waals surface area contributed by atoms with Crippen molar-refractivity contribution in [1.29, 1.82) is 0 Å². The average Bonchev–Trinajstić information content (AvgIpc) is 3.32. The van der Waals surface area contributed by atoms with Gasteiger partial charge in [0.25, 0.3) is 0 Å². The van der Waals surface area contributed by atoms with Crippen LogP contribution in [0.1, 0.15) is 0 Å². The van der Waals surface area contributed by atoms with Gasteiger partial charge in [0.2, 0.25) is 0 Å². The predicted molar refractivity (Wildman–Crippen MR) is 241 cm³/mol. The van der Waals surface area contributed by atoms with Crippen LogP contribution in [0, 0.1) is 0 Å². The topological polar surface area (TPSA) is 38.7 Å². The third-order valence-electron chi connectivity index (χ3n) is 10.7. The molecule has 10 aromatic rings. The lowest BCUT2D eigenvalue weighted by molar-refractivity contribution is 1.08. The first kappa shape index (κ1) is 34.7. The van der Waals surface area contributed by atoms with E-state index in [1.54, 1.807) is 0 Å².